The van der Waals surface area contributed by atoms with E-state index in [1.807, 2.05) is 0 Å². The molecule has 7 nitrogen and oxygen atoms in total. The number of hydrogen-bond acceptors (Lipinski definition) is 5. The van der Waals surface area contributed by atoms with Crippen molar-refractivity contribution in [1.82, 2.24) is 4.98 Å². The first-order valence-electron chi connectivity index (χ1n) is 6.03. The highest BCUT2D eigenvalue weighted by Gasteiger charge is 2.39. The Kier molecular flexibility index (Phi) is 3.37. The summed E-state index contributed by atoms with van der Waals surface area (Å²) in [5.41, 5.74) is -0.0409. The van der Waals surface area contributed by atoms with Crippen molar-refractivity contribution < 1.29 is 14.8 Å². The molecule has 1 saturated carbocycles. The van der Waals surface area contributed by atoms with E-state index < -0.39 is 16.4 Å². The smallest absolute Gasteiger partial charge is 0.305 e. The quantitative estimate of drug-likeness (QED) is 0.624. The number of carbonyl (C=O) groups is 1. The number of aromatic nitrogens is 1. The van der Waals surface area contributed by atoms with E-state index in [0.29, 0.717) is 11.4 Å². The molecule has 0 spiro atoms. The Bertz CT molecular complexity index is 526. The second-order valence-corrected chi connectivity index (χ2v) is 4.94. The lowest BCUT2D eigenvalue weighted by Crippen LogP contribution is -2.47. The van der Waals surface area contributed by atoms with Crippen LogP contribution in [0.5, 0.6) is 0 Å². The molecule has 7 heteroatoms. The number of rotatable bonds is 5. The van der Waals surface area contributed by atoms with E-state index in [1.165, 1.54) is 12.3 Å². The molecule has 0 amide bonds. The largest absolute Gasteiger partial charge is 0.481 e. The molecule has 0 aliphatic heterocycles. The van der Waals surface area contributed by atoms with Gasteiger partial charge in [-0.1, -0.05) is 0 Å². The number of aliphatic carboxylic acids is 1. The zero-order valence-electron chi connectivity index (χ0n) is 10.5. The van der Waals surface area contributed by atoms with E-state index in [9.17, 15) is 14.9 Å². The maximum absolute atomic E-state index is 10.9. The van der Waals surface area contributed by atoms with Gasteiger partial charge in [-0.05, 0) is 26.2 Å². The molecule has 1 aromatic heterocycles. The van der Waals surface area contributed by atoms with E-state index in [-0.39, 0.29) is 12.1 Å². The van der Waals surface area contributed by atoms with Gasteiger partial charge in [0.15, 0.2) is 0 Å². The molecule has 1 fully saturated rings. The average molecular weight is 265 g/mol. The molecule has 2 rings (SSSR count). The van der Waals surface area contributed by atoms with Gasteiger partial charge in [-0.3, -0.25) is 14.9 Å². The topological polar surface area (TPSA) is 105 Å². The summed E-state index contributed by atoms with van der Waals surface area (Å²) in [4.78, 5) is 25.3. The number of nitro groups is 1. The van der Waals surface area contributed by atoms with Crippen molar-refractivity contribution in [3.63, 3.8) is 0 Å². The van der Waals surface area contributed by atoms with Crippen molar-refractivity contribution in [2.24, 2.45) is 0 Å². The molecule has 1 aliphatic rings. The number of aryl methyl sites for hydroxylation is 1. The maximum atomic E-state index is 10.9. The van der Waals surface area contributed by atoms with Crippen molar-refractivity contribution >= 4 is 17.5 Å². The summed E-state index contributed by atoms with van der Waals surface area (Å²) in [6.45, 7) is 1.62. The minimum Gasteiger partial charge on any atom is -0.481 e. The molecule has 0 bridgehead atoms. The predicted octanol–water partition coefficient (Wildman–Crippen LogP) is 2.11. The first kappa shape index (κ1) is 13.3. The highest BCUT2D eigenvalue weighted by Crippen LogP contribution is 2.38. The fourth-order valence-electron chi connectivity index (χ4n) is 2.29. The van der Waals surface area contributed by atoms with E-state index in [1.54, 1.807) is 6.92 Å². The molecule has 0 atom stereocenters. The van der Waals surface area contributed by atoms with Crippen LogP contribution in [0.2, 0.25) is 0 Å². The molecule has 0 aromatic carbocycles. The number of pyridine rings is 1. The maximum Gasteiger partial charge on any atom is 0.305 e. The van der Waals surface area contributed by atoms with Gasteiger partial charge in [0.1, 0.15) is 5.82 Å². The van der Waals surface area contributed by atoms with Crippen molar-refractivity contribution in [3.8, 4) is 0 Å². The number of nitrogens with zero attached hydrogens (tertiary/aromatic N) is 2. The third-order valence-corrected chi connectivity index (χ3v) is 3.46. The lowest BCUT2D eigenvalue weighted by Gasteiger charge is -2.41. The molecule has 0 saturated heterocycles. The summed E-state index contributed by atoms with van der Waals surface area (Å²) in [7, 11) is 0. The normalized spacial score (nSPS) is 16.5. The standard InChI is InChI=1S/C12H15N3O4/c1-8-7-13-10(5-9(8)15(18)19)14-12(3-2-4-12)6-11(16)17/h5,7H,2-4,6H2,1H3,(H,13,14)(H,16,17). The summed E-state index contributed by atoms with van der Waals surface area (Å²) in [5, 5.41) is 22.8. The van der Waals surface area contributed by atoms with Crippen molar-refractivity contribution in [2.75, 3.05) is 5.32 Å². The zero-order valence-corrected chi connectivity index (χ0v) is 10.5. The van der Waals surface area contributed by atoms with Crippen LogP contribution in [-0.4, -0.2) is 26.5 Å². The van der Waals surface area contributed by atoms with Crippen molar-refractivity contribution in [2.45, 2.75) is 38.1 Å². The molecule has 0 radical (unpaired) electrons. The summed E-state index contributed by atoms with van der Waals surface area (Å²) in [5.74, 6) is -0.521. The molecule has 2 N–H and O–H groups in total. The number of carboxylic acid groups (broad SMARTS) is 1. The minimum atomic E-state index is -0.881. The van der Waals surface area contributed by atoms with Crippen LogP contribution in [0.25, 0.3) is 0 Å². The molecular weight excluding hydrogens is 250 g/mol. The summed E-state index contributed by atoms with van der Waals surface area (Å²) >= 11 is 0. The van der Waals surface area contributed by atoms with Gasteiger partial charge < -0.3 is 10.4 Å². The van der Waals surface area contributed by atoms with Gasteiger partial charge in [0.2, 0.25) is 0 Å². The van der Waals surface area contributed by atoms with Crippen LogP contribution in [0, 0.1) is 17.0 Å². The monoisotopic (exact) mass is 265 g/mol. The summed E-state index contributed by atoms with van der Waals surface area (Å²) in [6.07, 6.45) is 3.85. The molecule has 0 unspecified atom stereocenters. The van der Waals surface area contributed by atoms with Gasteiger partial charge in [0.05, 0.1) is 17.4 Å². The Labute approximate surface area is 109 Å². The Hall–Kier alpha value is -2.18. The third-order valence-electron chi connectivity index (χ3n) is 3.46. The van der Waals surface area contributed by atoms with Gasteiger partial charge in [-0.25, -0.2) is 4.98 Å². The second-order valence-electron chi connectivity index (χ2n) is 4.94. The van der Waals surface area contributed by atoms with Crippen LogP contribution in [-0.2, 0) is 4.79 Å². The number of nitrogens with one attached hydrogen (secondary N) is 1. The highest BCUT2D eigenvalue weighted by molar-refractivity contribution is 5.70. The molecule has 1 aliphatic carbocycles. The second kappa shape index (κ2) is 4.83. The zero-order chi connectivity index (χ0) is 14.0. The van der Waals surface area contributed by atoms with Crippen molar-refractivity contribution in [3.05, 3.63) is 27.9 Å². The van der Waals surface area contributed by atoms with Gasteiger partial charge >= 0.3 is 5.97 Å². The van der Waals surface area contributed by atoms with Crippen LogP contribution >= 0.6 is 0 Å². The molecule has 102 valence electrons. The van der Waals surface area contributed by atoms with Crippen LogP contribution in [0.1, 0.15) is 31.2 Å². The third kappa shape index (κ3) is 2.81. The Morgan fingerprint density at radius 1 is 1.63 bits per heavy atom. The summed E-state index contributed by atoms with van der Waals surface area (Å²) < 4.78 is 0. The minimum absolute atomic E-state index is 0.00362. The van der Waals surface area contributed by atoms with Gasteiger partial charge in [0.25, 0.3) is 5.69 Å². The molecule has 1 heterocycles. The van der Waals surface area contributed by atoms with Crippen molar-refractivity contribution in [1.29, 1.82) is 0 Å². The first-order valence-corrected chi connectivity index (χ1v) is 6.03. The molecular formula is C12H15N3O4. The average Bonchev–Trinajstić information content (AvgIpc) is 2.27. The van der Waals surface area contributed by atoms with Crippen LogP contribution in [0.15, 0.2) is 12.3 Å². The number of hydrogen-bond donors (Lipinski definition) is 2. The fraction of sp³-hybridized carbons (Fsp3) is 0.500. The van der Waals surface area contributed by atoms with E-state index in [2.05, 4.69) is 10.3 Å². The highest BCUT2D eigenvalue weighted by atomic mass is 16.6. The van der Waals surface area contributed by atoms with Gasteiger partial charge in [-0.15, -0.1) is 0 Å². The van der Waals surface area contributed by atoms with E-state index in [4.69, 9.17) is 5.11 Å². The van der Waals surface area contributed by atoms with Crippen LogP contribution in [0.3, 0.4) is 0 Å². The Balaban J connectivity index is 2.20. The molecule has 19 heavy (non-hydrogen) atoms. The Morgan fingerprint density at radius 2 is 2.32 bits per heavy atom. The van der Waals surface area contributed by atoms with Gasteiger partial charge in [-0.2, -0.15) is 0 Å². The lowest BCUT2D eigenvalue weighted by atomic mass is 9.74. The SMILES string of the molecule is Cc1cnc(NC2(CC(=O)O)CCC2)cc1[N+](=O)[O-]. The Morgan fingerprint density at radius 3 is 2.79 bits per heavy atom. The summed E-state index contributed by atoms with van der Waals surface area (Å²) in [6, 6.07) is 1.36. The lowest BCUT2D eigenvalue weighted by molar-refractivity contribution is -0.385. The van der Waals surface area contributed by atoms with E-state index >= 15 is 0 Å². The van der Waals surface area contributed by atoms with Gasteiger partial charge in [0, 0.05) is 17.3 Å². The van der Waals surface area contributed by atoms with Crippen LogP contribution < -0.4 is 5.32 Å². The molecule has 1 aromatic rings. The number of carboxylic acids is 1. The predicted molar refractivity (Wildman–Crippen MR) is 68.1 cm³/mol. The number of anilines is 1. The first-order chi connectivity index (χ1) is 8.92. The van der Waals surface area contributed by atoms with Crippen LogP contribution in [0.4, 0.5) is 11.5 Å². The van der Waals surface area contributed by atoms with E-state index in [0.717, 1.165) is 19.3 Å². The fourth-order valence-corrected chi connectivity index (χ4v) is 2.29.